The van der Waals surface area contributed by atoms with E-state index >= 15 is 0 Å². The van der Waals surface area contributed by atoms with E-state index in [-0.39, 0.29) is 61.2 Å². The summed E-state index contributed by atoms with van der Waals surface area (Å²) in [4.78, 5) is 45.8. The summed E-state index contributed by atoms with van der Waals surface area (Å²) in [7, 11) is -3.34. The molecule has 0 saturated carbocycles. The normalized spacial score (nSPS) is 17.4. The number of alkyl carbamates (subject to hydrolysis) is 1. The highest BCUT2D eigenvalue weighted by Gasteiger charge is 2.40. The number of rotatable bonds is 7. The second kappa shape index (κ2) is 12.6. The number of sulfone groups is 1. The van der Waals surface area contributed by atoms with E-state index in [1.165, 1.54) is 9.80 Å². The van der Waals surface area contributed by atoms with Crippen LogP contribution in [0.1, 0.15) is 61.7 Å². The SMILES string of the molecule is CC(C)(C)OC(=O)N[C@@H](CC(=O)N1CCn2c(C(C)(F)F)nc(C(=O)N3CCS(=O)(=O)CC3)c2C1)Cc1cc(F)c(F)cc1F. The van der Waals surface area contributed by atoms with Crippen LogP contribution in [-0.4, -0.2) is 88.5 Å². The lowest BCUT2D eigenvalue weighted by atomic mass is 10.0. The van der Waals surface area contributed by atoms with Crippen molar-refractivity contribution in [2.45, 2.75) is 71.2 Å². The van der Waals surface area contributed by atoms with E-state index in [0.29, 0.717) is 19.1 Å². The largest absolute Gasteiger partial charge is 0.444 e. The number of hydrogen-bond acceptors (Lipinski definition) is 7. The van der Waals surface area contributed by atoms with Gasteiger partial charge in [0.2, 0.25) is 5.91 Å². The topological polar surface area (TPSA) is 131 Å². The van der Waals surface area contributed by atoms with E-state index < -0.39 is 81.4 Å². The maximum absolute atomic E-state index is 14.5. The number of benzene rings is 1. The third-order valence-electron chi connectivity index (χ3n) is 7.28. The number of aromatic nitrogens is 2. The van der Waals surface area contributed by atoms with Gasteiger partial charge in [0.25, 0.3) is 5.91 Å². The van der Waals surface area contributed by atoms with Crippen LogP contribution >= 0.6 is 0 Å². The minimum absolute atomic E-state index is 0.0212. The first-order valence-electron chi connectivity index (χ1n) is 14.1. The number of halogens is 5. The van der Waals surface area contributed by atoms with Crippen LogP contribution in [0.25, 0.3) is 0 Å². The molecule has 11 nitrogen and oxygen atoms in total. The van der Waals surface area contributed by atoms with Gasteiger partial charge in [-0.2, -0.15) is 8.78 Å². The molecule has 0 unspecified atom stereocenters. The summed E-state index contributed by atoms with van der Waals surface area (Å²) in [5.74, 6) is -9.93. The Hall–Kier alpha value is -3.76. The molecule has 0 radical (unpaired) electrons. The molecule has 0 bridgehead atoms. The number of amides is 3. The molecular formula is C28H34F5N5O6S. The fraction of sp³-hybridized carbons (Fsp3) is 0.571. The van der Waals surface area contributed by atoms with E-state index in [9.17, 15) is 44.8 Å². The van der Waals surface area contributed by atoms with Crippen LogP contribution in [0.15, 0.2) is 12.1 Å². The number of nitrogens with one attached hydrogen (secondary N) is 1. The van der Waals surface area contributed by atoms with Crippen LogP contribution in [-0.2, 0) is 44.8 Å². The standard InChI is InChI=1S/C28H34F5N5O6S/c1-27(2,3)44-26(41)34-17(11-16-12-19(30)20(31)14-18(16)29)13-22(39)37-5-6-38-21(15-37)23(35-25(38)28(4,32)33)24(40)36-7-9-45(42,43)10-8-36/h12,14,17H,5-11,13,15H2,1-4H3,(H,34,41)/t17-/m1/s1. The van der Waals surface area contributed by atoms with Gasteiger partial charge in [-0.3, -0.25) is 9.59 Å². The first kappa shape index (κ1) is 34.1. The van der Waals surface area contributed by atoms with Crippen molar-refractivity contribution < 1.29 is 49.5 Å². The highest BCUT2D eigenvalue weighted by molar-refractivity contribution is 7.91. The van der Waals surface area contributed by atoms with Crippen molar-refractivity contribution in [3.8, 4) is 0 Å². The fourth-order valence-electron chi connectivity index (χ4n) is 5.13. The predicted molar refractivity (Wildman–Crippen MR) is 150 cm³/mol. The second-order valence-electron chi connectivity index (χ2n) is 12.1. The maximum atomic E-state index is 14.5. The van der Waals surface area contributed by atoms with Crippen LogP contribution < -0.4 is 5.32 Å². The number of nitrogens with zero attached hydrogens (tertiary/aromatic N) is 4. The van der Waals surface area contributed by atoms with Crippen molar-refractivity contribution in [2.24, 2.45) is 0 Å². The first-order chi connectivity index (χ1) is 20.7. The Morgan fingerprint density at radius 2 is 1.58 bits per heavy atom. The van der Waals surface area contributed by atoms with Gasteiger partial charge in [-0.15, -0.1) is 0 Å². The van der Waals surface area contributed by atoms with E-state index in [4.69, 9.17) is 4.74 Å². The summed E-state index contributed by atoms with van der Waals surface area (Å²) < 4.78 is 101. The summed E-state index contributed by atoms with van der Waals surface area (Å²) in [6.07, 6.45) is -1.85. The number of hydrogen-bond donors (Lipinski definition) is 1. The monoisotopic (exact) mass is 663 g/mol. The molecule has 1 fully saturated rings. The Morgan fingerprint density at radius 3 is 2.18 bits per heavy atom. The highest BCUT2D eigenvalue weighted by Crippen LogP contribution is 2.32. The quantitative estimate of drug-likeness (QED) is 0.356. The minimum atomic E-state index is -3.44. The van der Waals surface area contributed by atoms with Gasteiger partial charge >= 0.3 is 12.0 Å². The maximum Gasteiger partial charge on any atom is 0.407 e. The molecular weight excluding hydrogens is 629 g/mol. The molecule has 1 atom stereocenters. The predicted octanol–water partition coefficient (Wildman–Crippen LogP) is 3.15. The number of imidazole rings is 1. The molecule has 1 aromatic heterocycles. The lowest BCUT2D eigenvalue weighted by Crippen LogP contribution is -2.46. The van der Waals surface area contributed by atoms with Gasteiger partial charge < -0.3 is 24.4 Å². The number of carbonyl (C=O) groups excluding carboxylic acids is 3. The van der Waals surface area contributed by atoms with Crippen LogP contribution in [0.2, 0.25) is 0 Å². The van der Waals surface area contributed by atoms with Crippen molar-refractivity contribution in [3.05, 3.63) is 52.4 Å². The molecule has 2 aromatic rings. The summed E-state index contributed by atoms with van der Waals surface area (Å²) >= 11 is 0. The van der Waals surface area contributed by atoms with Gasteiger partial charge in [0.1, 0.15) is 11.4 Å². The molecule has 0 aliphatic carbocycles. The Kier molecular flexibility index (Phi) is 9.52. The average molecular weight is 664 g/mol. The van der Waals surface area contributed by atoms with Gasteiger partial charge in [-0.05, 0) is 38.8 Å². The van der Waals surface area contributed by atoms with Gasteiger partial charge in [0.05, 0.1) is 23.7 Å². The second-order valence-corrected chi connectivity index (χ2v) is 14.4. The summed E-state index contributed by atoms with van der Waals surface area (Å²) in [6, 6.07) is -0.195. The van der Waals surface area contributed by atoms with Crippen LogP contribution in [0, 0.1) is 17.5 Å². The first-order valence-corrected chi connectivity index (χ1v) is 15.9. The zero-order chi connectivity index (χ0) is 33.5. The number of alkyl halides is 2. The van der Waals surface area contributed by atoms with Crippen molar-refractivity contribution in [2.75, 3.05) is 31.1 Å². The zero-order valence-corrected chi connectivity index (χ0v) is 25.9. The van der Waals surface area contributed by atoms with E-state index in [1.807, 2.05) is 0 Å². The molecule has 0 spiro atoms. The molecule has 1 aromatic carbocycles. The van der Waals surface area contributed by atoms with E-state index in [0.717, 1.165) is 4.57 Å². The Bertz CT molecular complexity index is 1590. The molecule has 3 amide bonds. The van der Waals surface area contributed by atoms with Gasteiger partial charge in [0, 0.05) is 51.6 Å². The zero-order valence-electron chi connectivity index (χ0n) is 25.1. The summed E-state index contributed by atoms with van der Waals surface area (Å²) in [6.45, 7) is 4.53. The molecule has 2 aliphatic rings. The number of ether oxygens (including phenoxy) is 1. The van der Waals surface area contributed by atoms with Crippen molar-refractivity contribution in [1.29, 1.82) is 0 Å². The fourth-order valence-corrected chi connectivity index (χ4v) is 6.33. The van der Waals surface area contributed by atoms with E-state index in [1.54, 1.807) is 20.8 Å². The third-order valence-corrected chi connectivity index (χ3v) is 8.89. The number of carbonyl (C=O) groups is 3. The van der Waals surface area contributed by atoms with Crippen molar-refractivity contribution in [1.82, 2.24) is 24.7 Å². The van der Waals surface area contributed by atoms with Crippen molar-refractivity contribution in [3.63, 3.8) is 0 Å². The third kappa shape index (κ3) is 8.29. The lowest BCUT2D eigenvalue weighted by molar-refractivity contribution is -0.133. The molecule has 248 valence electrons. The smallest absolute Gasteiger partial charge is 0.407 e. The molecule has 2 aliphatic heterocycles. The van der Waals surface area contributed by atoms with Crippen LogP contribution in [0.5, 0.6) is 0 Å². The minimum Gasteiger partial charge on any atom is -0.444 e. The molecule has 17 heteroatoms. The molecule has 1 saturated heterocycles. The Morgan fingerprint density at radius 1 is 0.956 bits per heavy atom. The Balaban J connectivity index is 1.59. The van der Waals surface area contributed by atoms with E-state index in [2.05, 4.69) is 10.3 Å². The number of fused-ring (bicyclic) bond motifs is 1. The molecule has 45 heavy (non-hydrogen) atoms. The Labute approximate surface area is 256 Å². The van der Waals surface area contributed by atoms with Crippen molar-refractivity contribution >= 4 is 27.7 Å². The molecule has 1 N–H and O–H groups in total. The highest BCUT2D eigenvalue weighted by atomic mass is 32.2. The van der Waals surface area contributed by atoms with Crippen LogP contribution in [0.3, 0.4) is 0 Å². The summed E-state index contributed by atoms with van der Waals surface area (Å²) in [5.41, 5.74) is -1.56. The van der Waals surface area contributed by atoms with Crippen LogP contribution in [0.4, 0.5) is 26.7 Å². The molecule has 3 heterocycles. The average Bonchev–Trinajstić information content (AvgIpc) is 3.30. The van der Waals surface area contributed by atoms with Gasteiger partial charge in [-0.25, -0.2) is 31.4 Å². The lowest BCUT2D eigenvalue weighted by Gasteiger charge is -2.32. The van der Waals surface area contributed by atoms with Gasteiger partial charge in [0.15, 0.2) is 33.0 Å². The van der Waals surface area contributed by atoms with Gasteiger partial charge in [-0.1, -0.05) is 0 Å². The summed E-state index contributed by atoms with van der Waals surface area (Å²) in [5, 5.41) is 2.46. The molecule has 4 rings (SSSR count).